The molecule has 86 valence electrons. The predicted octanol–water partition coefficient (Wildman–Crippen LogP) is 3.35. The third kappa shape index (κ3) is 1.49. The fraction of sp³-hybridized carbons (Fsp3) is 0.0833. The summed E-state index contributed by atoms with van der Waals surface area (Å²) in [5, 5.41) is 1.54. The average Bonchev–Trinajstić information content (AvgIpc) is 2.84. The van der Waals surface area contributed by atoms with Gasteiger partial charge < -0.3 is 14.1 Å². The number of ether oxygens (including phenoxy) is 1. The second kappa shape index (κ2) is 3.53. The highest BCUT2D eigenvalue weighted by molar-refractivity contribution is 6.31. The number of furan rings is 1. The predicted molar refractivity (Wildman–Crippen MR) is 64.4 cm³/mol. The summed E-state index contributed by atoms with van der Waals surface area (Å²) in [5.41, 5.74) is 2.27. The molecule has 2 heterocycles. The number of methoxy groups -OCH3 is 1. The van der Waals surface area contributed by atoms with Gasteiger partial charge in [0.05, 0.1) is 18.1 Å². The number of carbonyl (C=O) groups excluding carboxylic acids is 1. The first kappa shape index (κ1) is 10.2. The van der Waals surface area contributed by atoms with Crippen LogP contribution in [0.1, 0.15) is 10.6 Å². The molecule has 0 unspecified atom stereocenters. The van der Waals surface area contributed by atoms with Gasteiger partial charge in [-0.3, -0.25) is 0 Å². The van der Waals surface area contributed by atoms with Crippen molar-refractivity contribution in [2.75, 3.05) is 7.11 Å². The Morgan fingerprint density at radius 2 is 2.18 bits per heavy atom. The van der Waals surface area contributed by atoms with Crippen molar-refractivity contribution >= 4 is 39.6 Å². The van der Waals surface area contributed by atoms with Crippen LogP contribution in [0.2, 0.25) is 5.02 Å². The minimum absolute atomic E-state index is 0.186. The fourth-order valence-electron chi connectivity index (χ4n) is 1.85. The molecule has 0 radical (unpaired) electrons. The van der Waals surface area contributed by atoms with Crippen molar-refractivity contribution in [2.24, 2.45) is 0 Å². The van der Waals surface area contributed by atoms with Crippen molar-refractivity contribution in [1.29, 1.82) is 0 Å². The van der Waals surface area contributed by atoms with E-state index in [1.807, 2.05) is 12.1 Å². The van der Waals surface area contributed by atoms with E-state index in [0.29, 0.717) is 10.6 Å². The smallest absolute Gasteiger partial charge is 0.374 e. The molecule has 2 aromatic heterocycles. The molecule has 0 fully saturated rings. The molecular formula is C12H8ClNO3. The van der Waals surface area contributed by atoms with Gasteiger partial charge in [0.15, 0.2) is 5.58 Å². The van der Waals surface area contributed by atoms with Crippen molar-refractivity contribution in [3.63, 3.8) is 0 Å². The maximum Gasteiger partial charge on any atom is 0.374 e. The Labute approximate surface area is 101 Å². The molecule has 5 heteroatoms. The van der Waals surface area contributed by atoms with E-state index in [1.54, 1.807) is 12.1 Å². The van der Waals surface area contributed by atoms with E-state index in [2.05, 4.69) is 9.72 Å². The number of halogens is 1. The highest BCUT2D eigenvalue weighted by Gasteiger charge is 2.16. The van der Waals surface area contributed by atoms with Crippen LogP contribution in [0.4, 0.5) is 0 Å². The highest BCUT2D eigenvalue weighted by atomic mass is 35.5. The maximum absolute atomic E-state index is 11.3. The molecule has 0 aliphatic carbocycles. The number of benzene rings is 1. The van der Waals surface area contributed by atoms with Crippen LogP contribution in [0.15, 0.2) is 28.7 Å². The molecule has 0 saturated carbocycles. The zero-order valence-electron chi connectivity index (χ0n) is 8.91. The minimum Gasteiger partial charge on any atom is -0.463 e. The van der Waals surface area contributed by atoms with E-state index < -0.39 is 5.97 Å². The lowest BCUT2D eigenvalue weighted by atomic mass is 10.2. The van der Waals surface area contributed by atoms with Crippen LogP contribution >= 0.6 is 11.6 Å². The van der Waals surface area contributed by atoms with Crippen molar-refractivity contribution < 1.29 is 13.9 Å². The maximum atomic E-state index is 11.3. The van der Waals surface area contributed by atoms with Gasteiger partial charge in [0, 0.05) is 16.5 Å². The fourth-order valence-corrected chi connectivity index (χ4v) is 2.02. The average molecular weight is 250 g/mol. The van der Waals surface area contributed by atoms with Gasteiger partial charge in [-0.25, -0.2) is 4.79 Å². The number of esters is 1. The molecular weight excluding hydrogens is 242 g/mol. The molecule has 0 saturated heterocycles. The normalized spacial score (nSPS) is 11.2. The Bertz CT molecular complexity index is 726. The van der Waals surface area contributed by atoms with Gasteiger partial charge in [-0.15, -0.1) is 0 Å². The molecule has 3 aromatic rings. The summed E-state index contributed by atoms with van der Waals surface area (Å²) in [5.74, 6) is -0.303. The molecule has 0 atom stereocenters. The van der Waals surface area contributed by atoms with Crippen molar-refractivity contribution in [3.05, 3.63) is 35.0 Å². The molecule has 0 bridgehead atoms. The van der Waals surface area contributed by atoms with Crippen LogP contribution in [-0.4, -0.2) is 18.1 Å². The van der Waals surface area contributed by atoms with Gasteiger partial charge >= 0.3 is 5.97 Å². The van der Waals surface area contributed by atoms with Crippen LogP contribution in [0, 0.1) is 0 Å². The summed E-state index contributed by atoms with van der Waals surface area (Å²) in [4.78, 5) is 14.5. The van der Waals surface area contributed by atoms with E-state index in [0.717, 1.165) is 16.4 Å². The lowest BCUT2D eigenvalue weighted by molar-refractivity contribution is 0.0568. The number of hydrogen-bond acceptors (Lipinski definition) is 3. The summed E-state index contributed by atoms with van der Waals surface area (Å²) in [6, 6.07) is 7.05. The Balaban J connectivity index is 2.28. The van der Waals surface area contributed by atoms with Gasteiger partial charge in [-0.2, -0.15) is 0 Å². The molecule has 0 aliphatic heterocycles. The highest BCUT2D eigenvalue weighted by Crippen LogP contribution is 2.30. The monoisotopic (exact) mass is 249 g/mol. The summed E-state index contributed by atoms with van der Waals surface area (Å²) >= 11 is 5.89. The van der Waals surface area contributed by atoms with Crippen LogP contribution in [0.25, 0.3) is 22.0 Å². The Morgan fingerprint density at radius 1 is 1.35 bits per heavy atom. The SMILES string of the molecule is COC(=O)c1cc2[nH]c3cc(Cl)ccc3c2o1. The number of H-pyrrole nitrogens is 1. The van der Waals surface area contributed by atoms with E-state index in [-0.39, 0.29) is 5.76 Å². The molecule has 0 aliphatic rings. The van der Waals surface area contributed by atoms with E-state index in [9.17, 15) is 4.79 Å². The van der Waals surface area contributed by atoms with Crippen LogP contribution in [0.5, 0.6) is 0 Å². The molecule has 0 amide bonds. The molecule has 17 heavy (non-hydrogen) atoms. The van der Waals surface area contributed by atoms with Gasteiger partial charge in [0.25, 0.3) is 0 Å². The summed E-state index contributed by atoms with van der Waals surface area (Å²) in [6.07, 6.45) is 0. The third-order valence-electron chi connectivity index (χ3n) is 2.61. The van der Waals surface area contributed by atoms with Crippen LogP contribution in [0.3, 0.4) is 0 Å². The standard InChI is InChI=1S/C12H8ClNO3/c1-16-12(15)10-5-9-11(17-10)7-3-2-6(13)4-8(7)14-9/h2-5,14H,1H3. The van der Waals surface area contributed by atoms with Crippen LogP contribution in [-0.2, 0) is 4.74 Å². The first-order valence-electron chi connectivity index (χ1n) is 4.98. The van der Waals surface area contributed by atoms with Crippen molar-refractivity contribution in [3.8, 4) is 0 Å². The number of aromatic amines is 1. The Morgan fingerprint density at radius 3 is 2.94 bits per heavy atom. The number of aromatic nitrogens is 1. The second-order valence-corrected chi connectivity index (χ2v) is 4.10. The zero-order chi connectivity index (χ0) is 12.0. The van der Waals surface area contributed by atoms with Gasteiger partial charge in [0.2, 0.25) is 5.76 Å². The third-order valence-corrected chi connectivity index (χ3v) is 2.85. The molecule has 3 rings (SSSR count). The second-order valence-electron chi connectivity index (χ2n) is 3.66. The summed E-state index contributed by atoms with van der Waals surface area (Å²) in [6.45, 7) is 0. The van der Waals surface area contributed by atoms with Gasteiger partial charge in [-0.1, -0.05) is 11.6 Å². The van der Waals surface area contributed by atoms with Gasteiger partial charge in [-0.05, 0) is 18.2 Å². The number of fused-ring (bicyclic) bond motifs is 3. The summed E-state index contributed by atoms with van der Waals surface area (Å²) in [7, 11) is 1.32. The van der Waals surface area contributed by atoms with E-state index >= 15 is 0 Å². The first-order valence-corrected chi connectivity index (χ1v) is 5.36. The topological polar surface area (TPSA) is 55.2 Å². The number of nitrogens with one attached hydrogen (secondary N) is 1. The molecule has 0 spiro atoms. The Kier molecular flexibility index (Phi) is 2.12. The molecule has 1 aromatic carbocycles. The number of rotatable bonds is 1. The molecule has 4 nitrogen and oxygen atoms in total. The molecule has 1 N–H and O–H groups in total. The zero-order valence-corrected chi connectivity index (χ0v) is 9.67. The van der Waals surface area contributed by atoms with Gasteiger partial charge in [0.1, 0.15) is 0 Å². The summed E-state index contributed by atoms with van der Waals surface area (Å²) < 4.78 is 10.1. The number of carbonyl (C=O) groups is 1. The van der Waals surface area contributed by atoms with Crippen LogP contribution < -0.4 is 0 Å². The van der Waals surface area contributed by atoms with Crippen molar-refractivity contribution in [1.82, 2.24) is 4.98 Å². The van der Waals surface area contributed by atoms with Crippen molar-refractivity contribution in [2.45, 2.75) is 0 Å². The lowest BCUT2D eigenvalue weighted by Crippen LogP contribution is -1.98. The quantitative estimate of drug-likeness (QED) is 0.673. The van der Waals surface area contributed by atoms with E-state index in [1.165, 1.54) is 7.11 Å². The first-order chi connectivity index (χ1) is 8.19. The lowest BCUT2D eigenvalue weighted by Gasteiger charge is -1.93. The largest absolute Gasteiger partial charge is 0.463 e. The minimum atomic E-state index is -0.489. The Hall–Kier alpha value is -1.94. The number of hydrogen-bond donors (Lipinski definition) is 1. The van der Waals surface area contributed by atoms with E-state index in [4.69, 9.17) is 16.0 Å².